The van der Waals surface area contributed by atoms with Gasteiger partial charge in [0, 0.05) is 10.0 Å². The molecule has 2 heterocycles. The molecule has 0 atom stereocenters. The molecule has 2 aromatic carbocycles. The highest BCUT2D eigenvalue weighted by Gasteiger charge is 2.34. The summed E-state index contributed by atoms with van der Waals surface area (Å²) in [5, 5.41) is 11.5. The largest absolute Gasteiger partial charge is 0.478 e. The molecule has 0 unspecified atom stereocenters. The molecular formula is C22H13BrN2O5S. The highest BCUT2D eigenvalue weighted by molar-refractivity contribution is 9.10. The third-order valence-electron chi connectivity index (χ3n) is 4.52. The third kappa shape index (κ3) is 4.18. The number of carbonyl (C=O) groups excluding carboxylic acids is 2. The van der Waals surface area contributed by atoms with Gasteiger partial charge in [-0.2, -0.15) is 0 Å². The van der Waals surface area contributed by atoms with E-state index in [1.165, 1.54) is 23.1 Å². The molecule has 1 aliphatic heterocycles. The van der Waals surface area contributed by atoms with Crippen molar-refractivity contribution < 1.29 is 23.9 Å². The van der Waals surface area contributed by atoms with Gasteiger partial charge in [-0.1, -0.05) is 28.1 Å². The molecule has 1 fully saturated rings. The summed E-state index contributed by atoms with van der Waals surface area (Å²) >= 11 is 8.52. The number of amides is 2. The number of thiocarbonyl (C=S) groups is 1. The van der Waals surface area contributed by atoms with Crippen LogP contribution in [-0.2, 0) is 9.59 Å². The standard InChI is InChI=1S/C22H13BrN2O5S/c23-14-5-7-15(8-6-14)25-20(27)17(19(26)24-22(25)31)11-16-9-10-18(30-16)12-1-3-13(4-2-12)21(28)29/h1-11H,(H,28,29)(H,24,26,31)/b17-11+. The van der Waals surface area contributed by atoms with Gasteiger partial charge < -0.3 is 9.52 Å². The molecule has 9 heteroatoms. The van der Waals surface area contributed by atoms with E-state index in [9.17, 15) is 14.4 Å². The van der Waals surface area contributed by atoms with Crippen LogP contribution in [-0.4, -0.2) is 28.0 Å². The van der Waals surface area contributed by atoms with Crippen LogP contribution < -0.4 is 10.2 Å². The van der Waals surface area contributed by atoms with Crippen LogP contribution >= 0.6 is 28.1 Å². The van der Waals surface area contributed by atoms with Crippen LogP contribution in [0.4, 0.5) is 5.69 Å². The lowest BCUT2D eigenvalue weighted by molar-refractivity contribution is -0.122. The Morgan fingerprint density at radius 1 is 1.03 bits per heavy atom. The number of rotatable bonds is 4. The summed E-state index contributed by atoms with van der Waals surface area (Å²) in [5.41, 5.74) is 1.21. The van der Waals surface area contributed by atoms with Gasteiger partial charge in [0.1, 0.15) is 17.1 Å². The highest BCUT2D eigenvalue weighted by atomic mass is 79.9. The van der Waals surface area contributed by atoms with Crippen LogP contribution in [0, 0.1) is 0 Å². The zero-order chi connectivity index (χ0) is 22.1. The van der Waals surface area contributed by atoms with Crippen molar-refractivity contribution in [2.45, 2.75) is 0 Å². The van der Waals surface area contributed by atoms with Gasteiger partial charge in [0.05, 0.1) is 11.3 Å². The minimum atomic E-state index is -1.02. The molecule has 1 saturated heterocycles. The molecular weight excluding hydrogens is 484 g/mol. The fourth-order valence-electron chi connectivity index (χ4n) is 2.99. The van der Waals surface area contributed by atoms with E-state index in [2.05, 4.69) is 21.2 Å². The number of carbonyl (C=O) groups is 3. The molecule has 0 saturated carbocycles. The fraction of sp³-hybridized carbons (Fsp3) is 0. The lowest BCUT2D eigenvalue weighted by atomic mass is 10.1. The van der Waals surface area contributed by atoms with E-state index >= 15 is 0 Å². The van der Waals surface area contributed by atoms with E-state index in [1.807, 2.05) is 0 Å². The summed E-state index contributed by atoms with van der Waals surface area (Å²) in [6, 6.07) is 16.4. The lowest BCUT2D eigenvalue weighted by Gasteiger charge is -2.28. The van der Waals surface area contributed by atoms with E-state index in [4.69, 9.17) is 21.7 Å². The molecule has 0 radical (unpaired) electrons. The zero-order valence-corrected chi connectivity index (χ0v) is 18.1. The average Bonchev–Trinajstić information content (AvgIpc) is 3.21. The molecule has 1 aliphatic rings. The number of benzene rings is 2. The number of carboxylic acid groups (broad SMARTS) is 1. The summed E-state index contributed by atoms with van der Waals surface area (Å²) in [6.07, 6.45) is 1.35. The Balaban J connectivity index is 1.63. The zero-order valence-electron chi connectivity index (χ0n) is 15.7. The quantitative estimate of drug-likeness (QED) is 0.318. The van der Waals surface area contributed by atoms with Gasteiger partial charge in [0.2, 0.25) is 0 Å². The predicted octanol–water partition coefficient (Wildman–Crippen LogP) is 4.24. The number of halogens is 1. The number of hydrogen-bond acceptors (Lipinski definition) is 5. The minimum Gasteiger partial charge on any atom is -0.478 e. The van der Waals surface area contributed by atoms with E-state index in [0.717, 1.165) is 4.47 Å². The Bertz CT molecular complexity index is 1250. The van der Waals surface area contributed by atoms with Crippen molar-refractivity contribution >= 4 is 62.8 Å². The first-order valence-corrected chi connectivity index (χ1v) is 10.1. The van der Waals surface area contributed by atoms with Gasteiger partial charge in [0.15, 0.2) is 5.11 Å². The number of carboxylic acids is 1. The van der Waals surface area contributed by atoms with Gasteiger partial charge in [-0.15, -0.1) is 0 Å². The predicted molar refractivity (Wildman–Crippen MR) is 121 cm³/mol. The van der Waals surface area contributed by atoms with E-state index in [-0.39, 0.29) is 16.2 Å². The van der Waals surface area contributed by atoms with E-state index in [1.54, 1.807) is 48.5 Å². The minimum absolute atomic E-state index is 0.00636. The number of furan rings is 1. The van der Waals surface area contributed by atoms with Crippen LogP contribution in [0.15, 0.2) is 75.1 Å². The second-order valence-electron chi connectivity index (χ2n) is 6.52. The molecule has 0 bridgehead atoms. The van der Waals surface area contributed by atoms with Crippen molar-refractivity contribution in [3.8, 4) is 11.3 Å². The second-order valence-corrected chi connectivity index (χ2v) is 7.82. The number of hydrogen-bond donors (Lipinski definition) is 2. The Morgan fingerprint density at radius 3 is 2.35 bits per heavy atom. The maximum Gasteiger partial charge on any atom is 0.335 e. The Morgan fingerprint density at radius 2 is 1.71 bits per heavy atom. The van der Waals surface area contributed by atoms with Crippen molar-refractivity contribution in [1.82, 2.24) is 5.32 Å². The molecule has 154 valence electrons. The van der Waals surface area contributed by atoms with E-state index < -0.39 is 17.8 Å². The molecule has 3 aromatic rings. The highest BCUT2D eigenvalue weighted by Crippen LogP contribution is 2.27. The summed E-state index contributed by atoms with van der Waals surface area (Å²) in [7, 11) is 0. The third-order valence-corrected chi connectivity index (χ3v) is 5.33. The van der Waals surface area contributed by atoms with Crippen molar-refractivity contribution in [3.63, 3.8) is 0 Å². The molecule has 0 spiro atoms. The Kier molecular flexibility index (Phi) is 5.53. The average molecular weight is 497 g/mol. The molecule has 2 amide bonds. The fourth-order valence-corrected chi connectivity index (χ4v) is 3.53. The number of aromatic carboxylic acids is 1. The van der Waals surface area contributed by atoms with Crippen molar-refractivity contribution in [1.29, 1.82) is 0 Å². The van der Waals surface area contributed by atoms with Crippen molar-refractivity contribution in [3.05, 3.63) is 82.0 Å². The second kappa shape index (κ2) is 8.29. The number of nitrogens with zero attached hydrogens (tertiary/aromatic N) is 1. The first-order chi connectivity index (χ1) is 14.8. The number of nitrogens with one attached hydrogen (secondary N) is 1. The van der Waals surface area contributed by atoms with Gasteiger partial charge >= 0.3 is 5.97 Å². The SMILES string of the molecule is O=C1NC(=S)N(c2ccc(Br)cc2)C(=O)/C1=C/c1ccc(-c2ccc(C(=O)O)cc2)o1. The molecule has 4 rings (SSSR count). The van der Waals surface area contributed by atoms with Crippen LogP contribution in [0.2, 0.25) is 0 Å². The van der Waals surface area contributed by atoms with Crippen molar-refractivity contribution in [2.24, 2.45) is 0 Å². The lowest BCUT2D eigenvalue weighted by Crippen LogP contribution is -2.54. The number of anilines is 1. The molecule has 31 heavy (non-hydrogen) atoms. The van der Waals surface area contributed by atoms with Crippen molar-refractivity contribution in [2.75, 3.05) is 4.90 Å². The normalized spacial score (nSPS) is 15.3. The van der Waals surface area contributed by atoms with Gasteiger partial charge in [0.25, 0.3) is 11.8 Å². The summed E-state index contributed by atoms with van der Waals surface area (Å²) in [4.78, 5) is 37.7. The van der Waals surface area contributed by atoms with Crippen LogP contribution in [0.5, 0.6) is 0 Å². The molecule has 1 aromatic heterocycles. The first kappa shape index (κ1) is 20.7. The topological polar surface area (TPSA) is 99.9 Å². The summed E-state index contributed by atoms with van der Waals surface area (Å²) in [5.74, 6) is -1.45. The summed E-state index contributed by atoms with van der Waals surface area (Å²) in [6.45, 7) is 0. The molecule has 0 aliphatic carbocycles. The Hall–Kier alpha value is -3.56. The van der Waals surface area contributed by atoms with Crippen LogP contribution in [0.3, 0.4) is 0 Å². The molecule has 2 N–H and O–H groups in total. The summed E-state index contributed by atoms with van der Waals surface area (Å²) < 4.78 is 6.58. The smallest absolute Gasteiger partial charge is 0.335 e. The van der Waals surface area contributed by atoms with Gasteiger partial charge in [-0.05, 0) is 66.8 Å². The van der Waals surface area contributed by atoms with Gasteiger partial charge in [-0.3, -0.25) is 19.8 Å². The maximum atomic E-state index is 13.0. The van der Waals surface area contributed by atoms with Gasteiger partial charge in [-0.25, -0.2) is 4.79 Å². The van der Waals surface area contributed by atoms with Crippen LogP contribution in [0.25, 0.3) is 17.4 Å². The maximum absolute atomic E-state index is 13.0. The van der Waals surface area contributed by atoms with Crippen LogP contribution in [0.1, 0.15) is 16.1 Å². The van der Waals surface area contributed by atoms with E-state index in [0.29, 0.717) is 22.8 Å². The Labute approximate surface area is 190 Å². The molecule has 7 nitrogen and oxygen atoms in total. The first-order valence-electron chi connectivity index (χ1n) is 8.94. The monoisotopic (exact) mass is 496 g/mol.